The fourth-order valence-electron chi connectivity index (χ4n) is 5.04. The Morgan fingerprint density at radius 2 is 1.79 bits per heavy atom. The lowest BCUT2D eigenvalue weighted by atomic mass is 9.84. The van der Waals surface area contributed by atoms with Gasteiger partial charge in [-0.2, -0.15) is 0 Å². The van der Waals surface area contributed by atoms with Crippen LogP contribution in [0.15, 0.2) is 48.5 Å². The first-order chi connectivity index (χ1) is 16.1. The number of likely N-dealkylation sites (tertiary alicyclic amines) is 1. The molecule has 2 aromatic rings. The van der Waals surface area contributed by atoms with Crippen LogP contribution in [0, 0.1) is 5.92 Å². The molecule has 0 bridgehead atoms. The van der Waals surface area contributed by atoms with E-state index in [9.17, 15) is 9.59 Å². The summed E-state index contributed by atoms with van der Waals surface area (Å²) in [6.45, 7) is 0.816. The van der Waals surface area contributed by atoms with E-state index < -0.39 is 6.04 Å². The molecule has 2 amide bonds. The molecule has 33 heavy (non-hydrogen) atoms. The van der Waals surface area contributed by atoms with Crippen molar-refractivity contribution in [3.8, 4) is 11.5 Å². The molecule has 1 saturated carbocycles. The number of rotatable bonds is 8. The third-order valence-corrected chi connectivity index (χ3v) is 6.62. The number of ether oxygens (including phenoxy) is 3. The van der Waals surface area contributed by atoms with Crippen molar-refractivity contribution < 1.29 is 23.8 Å². The Morgan fingerprint density at radius 1 is 1.00 bits per heavy atom. The van der Waals surface area contributed by atoms with Crippen molar-refractivity contribution in [1.29, 1.82) is 0 Å². The van der Waals surface area contributed by atoms with Gasteiger partial charge in [0.2, 0.25) is 5.91 Å². The summed E-state index contributed by atoms with van der Waals surface area (Å²) in [5.41, 5.74) is 1.23. The Labute approximate surface area is 195 Å². The van der Waals surface area contributed by atoms with Gasteiger partial charge in [0.05, 0.1) is 13.7 Å². The maximum atomic E-state index is 13.5. The molecule has 0 aromatic heterocycles. The van der Waals surface area contributed by atoms with Gasteiger partial charge in [-0.3, -0.25) is 9.59 Å². The monoisotopic (exact) mass is 452 g/mol. The lowest BCUT2D eigenvalue weighted by Gasteiger charge is -2.33. The van der Waals surface area contributed by atoms with E-state index in [4.69, 9.17) is 14.2 Å². The second kappa shape index (κ2) is 10.7. The van der Waals surface area contributed by atoms with Crippen LogP contribution in [0.5, 0.6) is 11.5 Å². The highest BCUT2D eigenvalue weighted by molar-refractivity contribution is 6.02. The zero-order valence-corrected chi connectivity index (χ0v) is 19.3. The fraction of sp³-hybridized carbons (Fsp3) is 0.462. The van der Waals surface area contributed by atoms with Gasteiger partial charge in [-0.05, 0) is 49.4 Å². The third-order valence-electron chi connectivity index (χ3n) is 6.62. The van der Waals surface area contributed by atoms with Crippen LogP contribution in [0.1, 0.15) is 42.5 Å². The van der Waals surface area contributed by atoms with Crippen molar-refractivity contribution in [3.05, 3.63) is 54.1 Å². The molecule has 2 aliphatic rings. The largest absolute Gasteiger partial charge is 0.493 e. The number of carbonyl (C=O) groups excluding carboxylic acids is 2. The smallest absolute Gasteiger partial charge is 0.254 e. The first-order valence-corrected chi connectivity index (χ1v) is 11.6. The van der Waals surface area contributed by atoms with E-state index in [-0.39, 0.29) is 17.9 Å². The van der Waals surface area contributed by atoms with Crippen molar-refractivity contribution in [2.45, 2.75) is 44.2 Å². The zero-order valence-electron chi connectivity index (χ0n) is 19.3. The summed E-state index contributed by atoms with van der Waals surface area (Å²) in [4.78, 5) is 28.7. The van der Waals surface area contributed by atoms with E-state index >= 15 is 0 Å². The summed E-state index contributed by atoms with van der Waals surface area (Å²) in [5.74, 6) is 1.25. The van der Waals surface area contributed by atoms with Crippen LogP contribution < -0.4 is 14.8 Å². The summed E-state index contributed by atoms with van der Waals surface area (Å²) in [6, 6.07) is 14.2. The maximum Gasteiger partial charge on any atom is 0.254 e. The zero-order chi connectivity index (χ0) is 23.2. The highest BCUT2D eigenvalue weighted by Crippen LogP contribution is 2.41. The predicted octanol–water partition coefficient (Wildman–Crippen LogP) is 4.13. The first-order valence-electron chi connectivity index (χ1n) is 11.6. The molecule has 0 spiro atoms. The molecular weight excluding hydrogens is 420 g/mol. The number of benzene rings is 2. The standard InChI is InChI=1S/C26H32N2O5/c1-31-14-15-33-24-17-20(12-13-23(24)32-2)27-25(29)22-16-19-10-6-7-11-21(19)28(22)26(30)18-8-4-3-5-9-18/h3-5,8-9,12-13,17,19,21-22H,6-7,10-11,14-16H2,1-2H3,(H,27,29). The highest BCUT2D eigenvalue weighted by atomic mass is 16.5. The molecule has 1 aliphatic carbocycles. The molecule has 7 heteroatoms. The number of nitrogens with one attached hydrogen (secondary N) is 1. The molecule has 2 aromatic carbocycles. The quantitative estimate of drug-likeness (QED) is 0.610. The van der Waals surface area contributed by atoms with Gasteiger partial charge in [0.1, 0.15) is 12.6 Å². The Bertz CT molecular complexity index is 964. The SMILES string of the molecule is COCCOc1cc(NC(=O)C2CC3CCCCC3N2C(=O)c2ccccc2)ccc1OC. The van der Waals surface area contributed by atoms with Crippen LogP contribution in [0.2, 0.25) is 0 Å². The Morgan fingerprint density at radius 3 is 2.55 bits per heavy atom. The number of hydrogen-bond donors (Lipinski definition) is 1. The number of nitrogens with zero attached hydrogens (tertiary/aromatic N) is 1. The van der Waals surface area contributed by atoms with E-state index in [1.807, 2.05) is 35.2 Å². The molecule has 3 unspecified atom stereocenters. The minimum absolute atomic E-state index is 0.0662. The number of methoxy groups -OCH3 is 2. The van der Waals surface area contributed by atoms with Crippen molar-refractivity contribution in [2.24, 2.45) is 5.92 Å². The minimum Gasteiger partial charge on any atom is -0.493 e. The Kier molecular flexibility index (Phi) is 7.50. The average molecular weight is 453 g/mol. The van der Waals surface area contributed by atoms with Gasteiger partial charge in [-0.15, -0.1) is 0 Å². The normalized spacial score (nSPS) is 21.9. The molecule has 1 saturated heterocycles. The molecule has 176 valence electrons. The van der Waals surface area contributed by atoms with Gasteiger partial charge < -0.3 is 24.4 Å². The van der Waals surface area contributed by atoms with Crippen molar-refractivity contribution >= 4 is 17.5 Å². The summed E-state index contributed by atoms with van der Waals surface area (Å²) in [6.07, 6.45) is 4.96. The maximum absolute atomic E-state index is 13.5. The lowest BCUT2D eigenvalue weighted by Crippen LogP contribution is -2.47. The van der Waals surface area contributed by atoms with Gasteiger partial charge in [0.25, 0.3) is 5.91 Å². The summed E-state index contributed by atoms with van der Waals surface area (Å²) < 4.78 is 16.2. The molecular formula is C26H32N2O5. The van der Waals surface area contributed by atoms with Gasteiger partial charge in [0, 0.05) is 30.5 Å². The van der Waals surface area contributed by atoms with Crippen LogP contribution in [0.4, 0.5) is 5.69 Å². The van der Waals surface area contributed by atoms with Crippen LogP contribution in [0.3, 0.4) is 0 Å². The summed E-state index contributed by atoms with van der Waals surface area (Å²) in [7, 11) is 3.18. The highest BCUT2D eigenvalue weighted by Gasteiger charge is 2.47. The lowest BCUT2D eigenvalue weighted by molar-refractivity contribution is -0.120. The Hall–Kier alpha value is -3.06. The van der Waals surface area contributed by atoms with Crippen LogP contribution in [-0.2, 0) is 9.53 Å². The van der Waals surface area contributed by atoms with Crippen LogP contribution in [0.25, 0.3) is 0 Å². The van der Waals surface area contributed by atoms with Gasteiger partial charge in [0.15, 0.2) is 11.5 Å². The van der Waals surface area contributed by atoms with Crippen molar-refractivity contribution in [2.75, 3.05) is 32.8 Å². The first kappa shape index (κ1) is 23.1. The molecule has 3 atom stereocenters. The molecule has 1 N–H and O–H groups in total. The van der Waals surface area contributed by atoms with E-state index in [0.717, 1.165) is 25.7 Å². The van der Waals surface area contributed by atoms with E-state index in [2.05, 4.69) is 5.32 Å². The molecule has 1 heterocycles. The number of carbonyl (C=O) groups is 2. The molecule has 1 aliphatic heterocycles. The third kappa shape index (κ3) is 5.14. The topological polar surface area (TPSA) is 77.1 Å². The van der Waals surface area contributed by atoms with Gasteiger partial charge in [-0.25, -0.2) is 0 Å². The van der Waals surface area contributed by atoms with E-state index in [0.29, 0.717) is 48.3 Å². The van der Waals surface area contributed by atoms with Gasteiger partial charge >= 0.3 is 0 Å². The van der Waals surface area contributed by atoms with E-state index in [1.165, 1.54) is 0 Å². The van der Waals surface area contributed by atoms with Crippen molar-refractivity contribution in [1.82, 2.24) is 4.90 Å². The number of hydrogen-bond acceptors (Lipinski definition) is 5. The second-order valence-electron chi connectivity index (χ2n) is 8.64. The van der Waals surface area contributed by atoms with Crippen molar-refractivity contribution in [3.63, 3.8) is 0 Å². The predicted molar refractivity (Wildman–Crippen MR) is 126 cm³/mol. The molecule has 0 radical (unpaired) electrons. The molecule has 4 rings (SSSR count). The second-order valence-corrected chi connectivity index (χ2v) is 8.64. The average Bonchev–Trinajstić information content (AvgIpc) is 3.24. The van der Waals surface area contributed by atoms with Crippen LogP contribution >= 0.6 is 0 Å². The molecule has 2 fully saturated rings. The number of fused-ring (bicyclic) bond motifs is 1. The molecule has 7 nitrogen and oxygen atoms in total. The fourth-order valence-corrected chi connectivity index (χ4v) is 5.04. The summed E-state index contributed by atoms with van der Waals surface area (Å²) in [5, 5.41) is 3.01. The Balaban J connectivity index is 1.54. The number of anilines is 1. The number of amides is 2. The van der Waals surface area contributed by atoms with E-state index in [1.54, 1.807) is 32.4 Å². The summed E-state index contributed by atoms with van der Waals surface area (Å²) >= 11 is 0. The van der Waals surface area contributed by atoms with Crippen LogP contribution in [-0.4, -0.2) is 56.2 Å². The van der Waals surface area contributed by atoms with Gasteiger partial charge in [-0.1, -0.05) is 31.0 Å². The minimum atomic E-state index is -0.495.